The summed E-state index contributed by atoms with van der Waals surface area (Å²) in [7, 11) is 0. The second-order valence-corrected chi connectivity index (χ2v) is 10.3. The average molecular weight is 505 g/mol. The van der Waals surface area contributed by atoms with Crippen molar-refractivity contribution in [3.8, 4) is 0 Å². The number of hydrogen-bond donors (Lipinski definition) is 2. The molecule has 202 valence electrons. The van der Waals surface area contributed by atoms with Crippen LogP contribution in [0.2, 0.25) is 0 Å². The van der Waals surface area contributed by atoms with Gasteiger partial charge in [0.05, 0.1) is 17.9 Å². The van der Waals surface area contributed by atoms with Crippen molar-refractivity contribution in [3.05, 3.63) is 24.0 Å². The minimum atomic E-state index is -4.38. The standard InChI is InChI=1S/C27H43F3O5/c1-4-6-12-21(27(28,29)30)16-17-22(35-23-15-10-11-19-34-23)25(3,18-7-5-2)26(33,24(31)32)20-13-8-9-14-20/h5,7,17,20-21,23,33H,4,6,8-16,18-19H2,1-3H3,(H,31,32)/t21?,23?,25-,26-/m0/s1. The SMILES string of the molecule is CC=CC[C@@](C)(C(=CCC(CCCC)C(F)(F)F)OC1CCCCO1)[C@@](O)(C(=O)O)C1CCCC1. The molecule has 2 unspecified atom stereocenters. The maximum atomic E-state index is 13.8. The number of rotatable bonds is 13. The molecular formula is C27H43F3O5. The van der Waals surface area contributed by atoms with Crippen molar-refractivity contribution in [1.29, 1.82) is 0 Å². The molecule has 1 saturated heterocycles. The van der Waals surface area contributed by atoms with Crippen LogP contribution in [0.4, 0.5) is 13.2 Å². The number of allylic oxidation sites excluding steroid dienone is 3. The second kappa shape index (κ2) is 13.1. The van der Waals surface area contributed by atoms with E-state index in [0.29, 0.717) is 38.7 Å². The predicted molar refractivity (Wildman–Crippen MR) is 129 cm³/mol. The molecule has 1 saturated carbocycles. The Labute approximate surface area is 207 Å². The van der Waals surface area contributed by atoms with Crippen molar-refractivity contribution >= 4 is 5.97 Å². The van der Waals surface area contributed by atoms with Crippen LogP contribution >= 0.6 is 0 Å². The van der Waals surface area contributed by atoms with Gasteiger partial charge in [0.25, 0.3) is 0 Å². The molecule has 8 heteroatoms. The smallest absolute Gasteiger partial charge is 0.392 e. The zero-order chi connectivity index (χ0) is 26.1. The Morgan fingerprint density at radius 2 is 1.83 bits per heavy atom. The highest BCUT2D eigenvalue weighted by Crippen LogP contribution is 2.52. The predicted octanol–water partition coefficient (Wildman–Crippen LogP) is 7.15. The molecule has 0 bridgehead atoms. The van der Waals surface area contributed by atoms with Crippen LogP contribution in [0.5, 0.6) is 0 Å². The van der Waals surface area contributed by atoms with E-state index in [9.17, 15) is 28.2 Å². The molecule has 0 aromatic rings. The molecule has 2 aliphatic rings. The van der Waals surface area contributed by atoms with Gasteiger partial charge in [-0.05, 0) is 70.8 Å². The number of aliphatic hydroxyl groups is 1. The van der Waals surface area contributed by atoms with E-state index in [1.54, 1.807) is 26.0 Å². The molecule has 1 aliphatic heterocycles. The first-order chi connectivity index (χ1) is 16.5. The minimum Gasteiger partial charge on any atom is -0.479 e. The molecule has 4 atom stereocenters. The summed E-state index contributed by atoms with van der Waals surface area (Å²) in [5.41, 5.74) is -3.66. The minimum absolute atomic E-state index is 0.0128. The van der Waals surface area contributed by atoms with E-state index in [2.05, 4.69) is 0 Å². The first kappa shape index (κ1) is 29.7. The monoisotopic (exact) mass is 504 g/mol. The Hall–Kier alpha value is -1.54. The lowest BCUT2D eigenvalue weighted by molar-refractivity contribution is -0.199. The lowest BCUT2D eigenvalue weighted by Crippen LogP contribution is -2.58. The van der Waals surface area contributed by atoms with E-state index in [1.165, 1.54) is 6.08 Å². The van der Waals surface area contributed by atoms with E-state index in [1.807, 2.05) is 6.92 Å². The van der Waals surface area contributed by atoms with Crippen molar-refractivity contribution in [3.63, 3.8) is 0 Å². The van der Waals surface area contributed by atoms with Gasteiger partial charge in [-0.15, -0.1) is 0 Å². The van der Waals surface area contributed by atoms with Crippen LogP contribution in [-0.4, -0.2) is 40.9 Å². The summed E-state index contributed by atoms with van der Waals surface area (Å²) in [4.78, 5) is 12.7. The molecular weight excluding hydrogens is 461 g/mol. The lowest BCUT2D eigenvalue weighted by Gasteiger charge is -2.47. The Morgan fingerprint density at radius 1 is 1.17 bits per heavy atom. The van der Waals surface area contributed by atoms with E-state index < -0.39 is 41.3 Å². The molecule has 0 spiro atoms. The fourth-order valence-electron chi connectivity index (χ4n) is 5.47. The van der Waals surface area contributed by atoms with Crippen LogP contribution < -0.4 is 0 Å². The van der Waals surface area contributed by atoms with Gasteiger partial charge in [0, 0.05) is 6.42 Å². The fraction of sp³-hybridized carbons (Fsp3) is 0.815. The van der Waals surface area contributed by atoms with Crippen molar-refractivity contribution < 1.29 is 37.7 Å². The van der Waals surface area contributed by atoms with Gasteiger partial charge in [0.2, 0.25) is 0 Å². The number of carbonyl (C=O) groups is 1. The van der Waals surface area contributed by atoms with Gasteiger partial charge in [0.15, 0.2) is 11.9 Å². The van der Waals surface area contributed by atoms with Gasteiger partial charge in [-0.1, -0.05) is 44.8 Å². The first-order valence-corrected chi connectivity index (χ1v) is 13.1. The molecule has 2 rings (SSSR count). The second-order valence-electron chi connectivity index (χ2n) is 10.3. The van der Waals surface area contributed by atoms with Crippen molar-refractivity contribution in [1.82, 2.24) is 0 Å². The molecule has 2 N–H and O–H groups in total. The van der Waals surface area contributed by atoms with Crippen molar-refractivity contribution in [2.45, 2.75) is 116 Å². The van der Waals surface area contributed by atoms with E-state index >= 15 is 0 Å². The van der Waals surface area contributed by atoms with E-state index in [0.717, 1.165) is 25.7 Å². The van der Waals surface area contributed by atoms with Crippen molar-refractivity contribution in [2.24, 2.45) is 17.3 Å². The van der Waals surface area contributed by atoms with Gasteiger partial charge < -0.3 is 19.7 Å². The van der Waals surface area contributed by atoms with Crippen LogP contribution in [0.15, 0.2) is 24.0 Å². The van der Waals surface area contributed by atoms with Crippen LogP contribution in [0.1, 0.15) is 97.8 Å². The number of alkyl halides is 3. The Bertz CT molecular complexity index is 723. The number of carboxylic acids is 1. The van der Waals surface area contributed by atoms with Crippen LogP contribution in [0, 0.1) is 17.3 Å². The van der Waals surface area contributed by atoms with Crippen LogP contribution in [-0.2, 0) is 14.3 Å². The van der Waals surface area contributed by atoms with E-state index in [-0.39, 0.29) is 25.0 Å². The number of aliphatic carboxylic acids is 1. The van der Waals surface area contributed by atoms with Gasteiger partial charge >= 0.3 is 12.1 Å². The van der Waals surface area contributed by atoms with Gasteiger partial charge in [0.1, 0.15) is 5.76 Å². The third-order valence-electron chi connectivity index (χ3n) is 7.77. The molecule has 1 aliphatic carbocycles. The fourth-order valence-corrected chi connectivity index (χ4v) is 5.47. The zero-order valence-corrected chi connectivity index (χ0v) is 21.4. The van der Waals surface area contributed by atoms with Gasteiger partial charge in [-0.2, -0.15) is 13.2 Å². The highest BCUT2D eigenvalue weighted by molar-refractivity contribution is 5.79. The molecule has 35 heavy (non-hydrogen) atoms. The number of ether oxygens (including phenoxy) is 2. The zero-order valence-electron chi connectivity index (χ0n) is 21.4. The lowest BCUT2D eigenvalue weighted by atomic mass is 9.62. The third kappa shape index (κ3) is 7.25. The molecule has 0 amide bonds. The number of halogens is 3. The number of carboxylic acid groups (broad SMARTS) is 1. The Balaban J connectivity index is 2.57. The molecule has 2 fully saturated rings. The summed E-state index contributed by atoms with van der Waals surface area (Å²) in [5.74, 6) is -3.37. The molecule has 0 aromatic carbocycles. The maximum absolute atomic E-state index is 13.8. The summed E-state index contributed by atoms with van der Waals surface area (Å²) in [5, 5.41) is 22.2. The Kier molecular flexibility index (Phi) is 11.1. The molecule has 5 nitrogen and oxygen atoms in total. The highest BCUT2D eigenvalue weighted by atomic mass is 19.4. The maximum Gasteiger partial charge on any atom is 0.392 e. The molecule has 0 aromatic heterocycles. The Morgan fingerprint density at radius 3 is 2.34 bits per heavy atom. The third-order valence-corrected chi connectivity index (χ3v) is 7.77. The van der Waals surface area contributed by atoms with E-state index in [4.69, 9.17) is 9.47 Å². The highest BCUT2D eigenvalue weighted by Gasteiger charge is 2.60. The van der Waals surface area contributed by atoms with Gasteiger partial charge in [-0.25, -0.2) is 4.79 Å². The molecule has 1 heterocycles. The van der Waals surface area contributed by atoms with Crippen LogP contribution in [0.3, 0.4) is 0 Å². The average Bonchev–Trinajstić information content (AvgIpc) is 3.36. The summed E-state index contributed by atoms with van der Waals surface area (Å²) in [6, 6.07) is 0. The topological polar surface area (TPSA) is 76.0 Å². The van der Waals surface area contributed by atoms with Crippen LogP contribution in [0.25, 0.3) is 0 Å². The summed E-state index contributed by atoms with van der Waals surface area (Å²) >= 11 is 0. The summed E-state index contributed by atoms with van der Waals surface area (Å²) in [6.45, 7) is 5.72. The van der Waals surface area contributed by atoms with Crippen molar-refractivity contribution in [2.75, 3.05) is 6.61 Å². The quantitative estimate of drug-likeness (QED) is 0.206. The first-order valence-electron chi connectivity index (χ1n) is 13.1. The largest absolute Gasteiger partial charge is 0.479 e. The number of unbranched alkanes of at least 4 members (excludes halogenated alkanes) is 1. The summed E-state index contributed by atoms with van der Waals surface area (Å²) in [6.07, 6.45) is 5.65. The summed E-state index contributed by atoms with van der Waals surface area (Å²) < 4.78 is 53.3. The molecule has 0 radical (unpaired) electrons. The number of hydrogen-bond acceptors (Lipinski definition) is 4. The van der Waals surface area contributed by atoms with Gasteiger partial charge in [-0.3, -0.25) is 0 Å². The normalized spacial score (nSPS) is 24.8.